The van der Waals surface area contributed by atoms with E-state index in [1.807, 2.05) is 0 Å². The Morgan fingerprint density at radius 1 is 1.22 bits per heavy atom. The number of hydrogen-bond donors (Lipinski definition) is 1. The van der Waals surface area contributed by atoms with E-state index in [9.17, 15) is 0 Å². The predicted octanol–water partition coefficient (Wildman–Crippen LogP) is 4.34. The Labute approximate surface area is 142 Å². The van der Waals surface area contributed by atoms with Gasteiger partial charge in [0.05, 0.1) is 0 Å². The largest absolute Gasteiger partial charge is 0.371 e. The fraction of sp³-hybridized carbons (Fsp3) is 0.619. The van der Waals surface area contributed by atoms with Gasteiger partial charge in [0.25, 0.3) is 0 Å². The van der Waals surface area contributed by atoms with Crippen molar-refractivity contribution in [1.29, 1.82) is 0 Å². The van der Waals surface area contributed by atoms with Crippen LogP contribution in [0.15, 0.2) is 24.3 Å². The molecular weight excluding hydrogens is 280 g/mol. The average Bonchev–Trinajstić information content (AvgIpc) is 2.54. The Hall–Kier alpha value is -1.46. The van der Waals surface area contributed by atoms with Gasteiger partial charge >= 0.3 is 0 Å². The van der Waals surface area contributed by atoms with E-state index in [1.54, 1.807) is 0 Å². The fourth-order valence-corrected chi connectivity index (χ4v) is 3.27. The van der Waals surface area contributed by atoms with Crippen LogP contribution in [-0.4, -0.2) is 25.2 Å². The molecule has 0 bridgehead atoms. The summed E-state index contributed by atoms with van der Waals surface area (Å²) in [5, 5.41) is 3.74. The van der Waals surface area contributed by atoms with Crippen LogP contribution in [0.2, 0.25) is 0 Å². The van der Waals surface area contributed by atoms with E-state index in [1.165, 1.54) is 24.1 Å². The van der Waals surface area contributed by atoms with Crippen molar-refractivity contribution in [3.63, 3.8) is 0 Å². The molecule has 1 heterocycles. The number of piperidine rings is 1. The van der Waals surface area contributed by atoms with Crippen LogP contribution in [0.3, 0.4) is 0 Å². The fourth-order valence-electron chi connectivity index (χ4n) is 3.27. The molecule has 23 heavy (non-hydrogen) atoms. The topological polar surface area (TPSA) is 15.3 Å². The van der Waals surface area contributed by atoms with Gasteiger partial charge in [-0.1, -0.05) is 39.8 Å². The second kappa shape index (κ2) is 7.88. The molecule has 1 saturated heterocycles. The zero-order chi connectivity index (χ0) is 16.9. The second-order valence-corrected chi connectivity index (χ2v) is 7.74. The van der Waals surface area contributed by atoms with Gasteiger partial charge in [-0.3, -0.25) is 0 Å². The van der Waals surface area contributed by atoms with Gasteiger partial charge in [-0.05, 0) is 42.4 Å². The molecule has 0 radical (unpaired) electrons. The van der Waals surface area contributed by atoms with Crippen LogP contribution in [0, 0.1) is 12.3 Å². The minimum Gasteiger partial charge on any atom is -0.371 e. The third-order valence-corrected chi connectivity index (χ3v) is 4.92. The molecule has 2 nitrogen and oxygen atoms in total. The maximum absolute atomic E-state index is 5.45. The van der Waals surface area contributed by atoms with E-state index in [0.717, 1.165) is 25.9 Å². The van der Waals surface area contributed by atoms with Gasteiger partial charge in [0.1, 0.15) is 0 Å². The van der Waals surface area contributed by atoms with Gasteiger partial charge in [-0.15, -0.1) is 12.3 Å². The number of rotatable bonds is 5. The third-order valence-electron chi connectivity index (χ3n) is 4.92. The molecule has 1 atom stereocenters. The van der Waals surface area contributed by atoms with Gasteiger partial charge in [0, 0.05) is 37.3 Å². The Kier molecular flexibility index (Phi) is 6.13. The molecule has 0 spiro atoms. The molecule has 2 heteroatoms. The molecule has 2 rings (SSSR count). The summed E-state index contributed by atoms with van der Waals surface area (Å²) in [5.74, 6) is 2.79. The van der Waals surface area contributed by atoms with Crippen molar-refractivity contribution in [3.8, 4) is 12.3 Å². The van der Waals surface area contributed by atoms with E-state index < -0.39 is 0 Å². The highest BCUT2D eigenvalue weighted by Crippen LogP contribution is 2.26. The van der Waals surface area contributed by atoms with Crippen molar-refractivity contribution in [3.05, 3.63) is 29.8 Å². The van der Waals surface area contributed by atoms with Crippen LogP contribution in [0.25, 0.3) is 0 Å². The standard InChI is InChI=1S/C21H32N2/c1-6-8-18(7-2)22-19-13-15-23(16-14-19)20-11-9-17(10-12-20)21(3,4)5/h1,9-12,18-19,22H,7-8,13-16H2,2-5H3. The van der Waals surface area contributed by atoms with Gasteiger partial charge in [-0.2, -0.15) is 0 Å². The molecule has 1 aliphatic heterocycles. The first-order valence-corrected chi connectivity index (χ1v) is 8.99. The number of anilines is 1. The lowest BCUT2D eigenvalue weighted by Gasteiger charge is -2.35. The quantitative estimate of drug-likeness (QED) is 0.813. The molecule has 1 fully saturated rings. The lowest BCUT2D eigenvalue weighted by atomic mass is 9.87. The monoisotopic (exact) mass is 312 g/mol. The first-order valence-electron chi connectivity index (χ1n) is 8.99. The van der Waals surface area contributed by atoms with Gasteiger partial charge in [0.2, 0.25) is 0 Å². The van der Waals surface area contributed by atoms with Gasteiger partial charge < -0.3 is 10.2 Å². The van der Waals surface area contributed by atoms with Crippen molar-refractivity contribution in [2.75, 3.05) is 18.0 Å². The van der Waals surface area contributed by atoms with Crippen molar-refractivity contribution < 1.29 is 0 Å². The van der Waals surface area contributed by atoms with Crippen LogP contribution in [0.4, 0.5) is 5.69 Å². The van der Waals surface area contributed by atoms with Crippen LogP contribution >= 0.6 is 0 Å². The lowest BCUT2D eigenvalue weighted by Crippen LogP contribution is -2.46. The molecule has 1 aromatic carbocycles. The molecule has 126 valence electrons. The maximum Gasteiger partial charge on any atom is 0.0366 e. The molecule has 1 aromatic rings. The molecular formula is C21H32N2. The Morgan fingerprint density at radius 2 is 1.83 bits per heavy atom. The molecule has 0 saturated carbocycles. The number of terminal acetylenes is 1. The number of nitrogens with zero attached hydrogens (tertiary/aromatic N) is 1. The normalized spacial score (nSPS) is 17.8. The lowest BCUT2D eigenvalue weighted by molar-refractivity contribution is 0.362. The molecule has 0 amide bonds. The number of benzene rings is 1. The minimum atomic E-state index is 0.224. The van der Waals surface area contributed by atoms with Crippen molar-refractivity contribution in [1.82, 2.24) is 5.32 Å². The highest BCUT2D eigenvalue weighted by Gasteiger charge is 2.21. The molecule has 0 aromatic heterocycles. The SMILES string of the molecule is C#CCC(CC)NC1CCN(c2ccc(C(C)(C)C)cc2)CC1. The van der Waals surface area contributed by atoms with Crippen LogP contribution in [-0.2, 0) is 5.41 Å². The van der Waals surface area contributed by atoms with E-state index in [4.69, 9.17) is 6.42 Å². The van der Waals surface area contributed by atoms with E-state index >= 15 is 0 Å². The smallest absolute Gasteiger partial charge is 0.0366 e. The Morgan fingerprint density at radius 3 is 2.30 bits per heavy atom. The third kappa shape index (κ3) is 5.01. The highest BCUT2D eigenvalue weighted by atomic mass is 15.1. The summed E-state index contributed by atoms with van der Waals surface area (Å²) in [6, 6.07) is 10.2. The van der Waals surface area contributed by atoms with Crippen LogP contribution in [0.1, 0.15) is 58.9 Å². The zero-order valence-corrected chi connectivity index (χ0v) is 15.2. The van der Waals surface area contributed by atoms with Crippen LogP contribution in [0.5, 0.6) is 0 Å². The molecule has 0 aliphatic carbocycles. The summed E-state index contributed by atoms with van der Waals surface area (Å²) in [5.41, 5.74) is 2.98. The van der Waals surface area contributed by atoms with Crippen molar-refractivity contribution in [2.24, 2.45) is 0 Å². The first kappa shape index (κ1) is 17.9. The molecule has 1 aliphatic rings. The Bertz CT molecular complexity index is 510. The minimum absolute atomic E-state index is 0.224. The predicted molar refractivity (Wildman–Crippen MR) is 101 cm³/mol. The molecule has 1 unspecified atom stereocenters. The van der Waals surface area contributed by atoms with Crippen molar-refractivity contribution >= 4 is 5.69 Å². The van der Waals surface area contributed by atoms with Crippen molar-refractivity contribution in [2.45, 2.75) is 70.9 Å². The summed E-state index contributed by atoms with van der Waals surface area (Å²) in [4.78, 5) is 2.51. The maximum atomic E-state index is 5.45. The van der Waals surface area contributed by atoms with Crippen LogP contribution < -0.4 is 10.2 Å². The summed E-state index contributed by atoms with van der Waals surface area (Å²) in [6.07, 6.45) is 9.79. The first-order chi connectivity index (χ1) is 10.9. The second-order valence-electron chi connectivity index (χ2n) is 7.74. The molecule has 1 N–H and O–H groups in total. The van der Waals surface area contributed by atoms with E-state index in [-0.39, 0.29) is 5.41 Å². The summed E-state index contributed by atoms with van der Waals surface area (Å²) in [6.45, 7) is 11.2. The number of hydrogen-bond acceptors (Lipinski definition) is 2. The van der Waals surface area contributed by atoms with E-state index in [0.29, 0.717) is 12.1 Å². The zero-order valence-electron chi connectivity index (χ0n) is 15.2. The summed E-state index contributed by atoms with van der Waals surface area (Å²) in [7, 11) is 0. The highest BCUT2D eigenvalue weighted by molar-refractivity contribution is 5.49. The summed E-state index contributed by atoms with van der Waals surface area (Å²) < 4.78 is 0. The number of nitrogens with one attached hydrogen (secondary N) is 1. The van der Waals surface area contributed by atoms with Gasteiger partial charge in [0.15, 0.2) is 0 Å². The summed E-state index contributed by atoms with van der Waals surface area (Å²) >= 11 is 0. The Balaban J connectivity index is 1.88. The van der Waals surface area contributed by atoms with Gasteiger partial charge in [-0.25, -0.2) is 0 Å². The van der Waals surface area contributed by atoms with E-state index in [2.05, 4.69) is 68.1 Å². The average molecular weight is 313 g/mol.